The fraction of sp³-hybridized carbons (Fsp3) is 0.389. The largest absolute Gasteiger partial charge is 0.461 e. The van der Waals surface area contributed by atoms with Gasteiger partial charge in [-0.05, 0) is 44.2 Å². The van der Waals surface area contributed by atoms with Gasteiger partial charge >= 0.3 is 12.1 Å². The highest BCUT2D eigenvalue weighted by molar-refractivity contribution is 7.98. The molecule has 0 aliphatic heterocycles. The predicted octanol–water partition coefficient (Wildman–Crippen LogP) is 3.37. The summed E-state index contributed by atoms with van der Waals surface area (Å²) in [7, 11) is 0. The second-order valence-corrected chi connectivity index (χ2v) is 6.74. The van der Waals surface area contributed by atoms with E-state index < -0.39 is 46.5 Å². The Morgan fingerprint density at radius 2 is 1.89 bits per heavy atom. The van der Waals surface area contributed by atoms with Gasteiger partial charge in [0.05, 0.1) is 17.7 Å². The number of carbonyl (C=O) groups is 3. The maximum absolute atomic E-state index is 12.9. The summed E-state index contributed by atoms with van der Waals surface area (Å²) in [4.78, 5) is 37.5. The second-order valence-electron chi connectivity index (χ2n) is 5.89. The van der Waals surface area contributed by atoms with E-state index in [2.05, 4.69) is 0 Å². The molecule has 5 nitrogen and oxygen atoms in total. The number of hydrogen-bond donors (Lipinski definition) is 1. The maximum atomic E-state index is 12.9. The quantitative estimate of drug-likeness (QED) is 0.188. The lowest BCUT2D eigenvalue weighted by atomic mass is 9.95. The number of rotatable bonds is 7. The van der Waals surface area contributed by atoms with Gasteiger partial charge in [-0.1, -0.05) is 0 Å². The summed E-state index contributed by atoms with van der Waals surface area (Å²) < 4.78 is 43.5. The van der Waals surface area contributed by atoms with Gasteiger partial charge in [-0.25, -0.2) is 4.79 Å². The number of alkyl halides is 3. The van der Waals surface area contributed by atoms with Crippen molar-refractivity contribution in [3.8, 4) is 0 Å². The molecule has 1 aliphatic carbocycles. The van der Waals surface area contributed by atoms with Gasteiger partial charge in [-0.3, -0.25) is 9.59 Å². The SMILES string of the molecule is CCOC(=O)C(N)=C(C(=O)c1ccc(C(F)(F)F)cc1SC)C(=O)C1CC1. The zero-order chi connectivity index (χ0) is 20.4. The molecule has 0 radical (unpaired) electrons. The fourth-order valence-electron chi connectivity index (χ4n) is 2.42. The number of benzene rings is 1. The molecule has 0 amide bonds. The molecule has 1 fully saturated rings. The third-order valence-corrected chi connectivity index (χ3v) is 4.74. The number of thioether (sulfide) groups is 1. The Bertz CT molecular complexity index is 813. The number of ketones is 2. The Morgan fingerprint density at radius 1 is 1.26 bits per heavy atom. The van der Waals surface area contributed by atoms with Crippen LogP contribution >= 0.6 is 11.8 Å². The summed E-state index contributed by atoms with van der Waals surface area (Å²) in [6, 6.07) is 2.58. The Hall–Kier alpha value is -2.29. The van der Waals surface area contributed by atoms with Crippen molar-refractivity contribution >= 4 is 29.3 Å². The number of Topliss-reactive ketones (excluding diaryl/α,β-unsaturated/α-hetero) is 2. The van der Waals surface area contributed by atoms with E-state index in [0.29, 0.717) is 12.8 Å². The van der Waals surface area contributed by atoms with Crippen LogP contribution in [-0.2, 0) is 20.5 Å². The fourth-order valence-corrected chi connectivity index (χ4v) is 3.04. The smallest absolute Gasteiger partial charge is 0.416 e. The van der Waals surface area contributed by atoms with Crippen molar-refractivity contribution < 1.29 is 32.3 Å². The molecule has 0 atom stereocenters. The van der Waals surface area contributed by atoms with Gasteiger partial charge in [0.2, 0.25) is 0 Å². The first-order valence-corrected chi connectivity index (χ1v) is 9.35. The summed E-state index contributed by atoms with van der Waals surface area (Å²) >= 11 is 0.926. The van der Waals surface area contributed by atoms with E-state index in [1.807, 2.05) is 0 Å². The molecule has 146 valence electrons. The first-order valence-electron chi connectivity index (χ1n) is 8.12. The summed E-state index contributed by atoms with van der Waals surface area (Å²) in [5.41, 5.74) is 3.54. The summed E-state index contributed by atoms with van der Waals surface area (Å²) in [5, 5.41) is 0. The topological polar surface area (TPSA) is 86.5 Å². The van der Waals surface area contributed by atoms with Gasteiger partial charge in [0.15, 0.2) is 11.6 Å². The van der Waals surface area contributed by atoms with Crippen LogP contribution in [0.5, 0.6) is 0 Å². The third kappa shape index (κ3) is 4.71. The van der Waals surface area contributed by atoms with Crippen LogP contribution in [0.3, 0.4) is 0 Å². The summed E-state index contributed by atoms with van der Waals surface area (Å²) in [5.74, 6) is -2.88. The average Bonchev–Trinajstić information content (AvgIpc) is 3.45. The third-order valence-electron chi connectivity index (χ3n) is 3.96. The molecule has 0 aromatic heterocycles. The molecular formula is C18H18F3NO4S. The molecule has 1 aromatic rings. The molecule has 1 aromatic carbocycles. The van der Waals surface area contributed by atoms with Crippen molar-refractivity contribution in [3.63, 3.8) is 0 Å². The molecule has 2 rings (SSSR count). The van der Waals surface area contributed by atoms with E-state index in [1.165, 1.54) is 13.2 Å². The number of hydrogen-bond acceptors (Lipinski definition) is 6. The van der Waals surface area contributed by atoms with Gasteiger partial charge in [0.25, 0.3) is 0 Å². The number of ether oxygens (including phenoxy) is 1. The van der Waals surface area contributed by atoms with Gasteiger partial charge in [0, 0.05) is 16.4 Å². The lowest BCUT2D eigenvalue weighted by Gasteiger charge is -2.14. The minimum Gasteiger partial charge on any atom is -0.461 e. The minimum atomic E-state index is -4.57. The molecule has 0 unspecified atom stereocenters. The number of carbonyl (C=O) groups excluding carboxylic acids is 3. The van der Waals surface area contributed by atoms with Crippen LogP contribution in [0.2, 0.25) is 0 Å². The monoisotopic (exact) mass is 401 g/mol. The van der Waals surface area contributed by atoms with E-state index in [0.717, 1.165) is 30.0 Å². The average molecular weight is 401 g/mol. The van der Waals surface area contributed by atoms with Crippen LogP contribution in [0.15, 0.2) is 34.4 Å². The van der Waals surface area contributed by atoms with E-state index in [4.69, 9.17) is 10.5 Å². The molecule has 0 heterocycles. The normalized spacial score (nSPS) is 15.1. The maximum Gasteiger partial charge on any atom is 0.416 e. The van der Waals surface area contributed by atoms with Gasteiger partial charge in [-0.15, -0.1) is 11.8 Å². The second kappa shape index (κ2) is 8.16. The summed E-state index contributed by atoms with van der Waals surface area (Å²) in [6.45, 7) is 1.53. The summed E-state index contributed by atoms with van der Waals surface area (Å²) in [6.07, 6.45) is -1.94. The van der Waals surface area contributed by atoms with Crippen molar-refractivity contribution in [2.24, 2.45) is 11.7 Å². The molecule has 0 saturated heterocycles. The lowest BCUT2D eigenvalue weighted by molar-refractivity contribution is -0.139. The van der Waals surface area contributed by atoms with Gasteiger partial charge in [0.1, 0.15) is 5.70 Å². The van der Waals surface area contributed by atoms with E-state index in [1.54, 1.807) is 0 Å². The van der Waals surface area contributed by atoms with Crippen LogP contribution < -0.4 is 5.73 Å². The molecule has 1 aliphatic rings. The van der Waals surface area contributed by atoms with Crippen molar-refractivity contribution in [3.05, 3.63) is 40.6 Å². The Kier molecular flexibility index (Phi) is 6.35. The zero-order valence-corrected chi connectivity index (χ0v) is 15.5. The number of nitrogens with two attached hydrogens (primary N) is 1. The highest BCUT2D eigenvalue weighted by atomic mass is 32.2. The van der Waals surface area contributed by atoms with Gasteiger partial charge < -0.3 is 10.5 Å². The van der Waals surface area contributed by atoms with Crippen LogP contribution in [0.4, 0.5) is 13.2 Å². The number of allylic oxidation sites excluding steroid dienone is 1. The first-order chi connectivity index (χ1) is 12.6. The van der Waals surface area contributed by atoms with Crippen LogP contribution in [0.25, 0.3) is 0 Å². The molecule has 0 bridgehead atoms. The lowest BCUT2D eigenvalue weighted by Crippen LogP contribution is -2.26. The first kappa shape index (κ1) is 21.0. The molecule has 0 spiro atoms. The molecule has 1 saturated carbocycles. The van der Waals surface area contributed by atoms with Crippen molar-refractivity contribution in [1.82, 2.24) is 0 Å². The molecular weight excluding hydrogens is 383 g/mol. The molecule has 2 N–H and O–H groups in total. The Balaban J connectivity index is 2.54. The Labute approximate surface area is 158 Å². The van der Waals surface area contributed by atoms with Crippen molar-refractivity contribution in [2.75, 3.05) is 12.9 Å². The van der Waals surface area contributed by atoms with Crippen LogP contribution in [-0.4, -0.2) is 30.4 Å². The van der Waals surface area contributed by atoms with E-state index in [-0.39, 0.29) is 17.1 Å². The standard InChI is InChI=1S/C18H18F3NO4S/c1-3-26-17(25)14(22)13(15(23)9-4-5-9)16(24)11-7-6-10(18(19,20)21)8-12(11)27-2/h6-9H,3-5,22H2,1-2H3. The molecule has 27 heavy (non-hydrogen) atoms. The molecule has 9 heteroatoms. The minimum absolute atomic E-state index is 0.00500. The number of esters is 1. The van der Waals surface area contributed by atoms with Gasteiger partial charge in [-0.2, -0.15) is 13.2 Å². The highest BCUT2D eigenvalue weighted by Crippen LogP contribution is 2.36. The van der Waals surface area contributed by atoms with E-state index in [9.17, 15) is 27.6 Å². The highest BCUT2D eigenvalue weighted by Gasteiger charge is 2.38. The van der Waals surface area contributed by atoms with Crippen molar-refractivity contribution in [2.45, 2.75) is 30.8 Å². The van der Waals surface area contributed by atoms with E-state index >= 15 is 0 Å². The predicted molar refractivity (Wildman–Crippen MR) is 93.1 cm³/mol. The van der Waals surface area contributed by atoms with Crippen molar-refractivity contribution in [1.29, 1.82) is 0 Å². The van der Waals surface area contributed by atoms with Crippen LogP contribution in [0.1, 0.15) is 35.7 Å². The Morgan fingerprint density at radius 3 is 2.37 bits per heavy atom. The zero-order valence-electron chi connectivity index (χ0n) is 14.7. The van der Waals surface area contributed by atoms with Crippen LogP contribution in [0, 0.1) is 5.92 Å². The number of halogens is 3.